The summed E-state index contributed by atoms with van der Waals surface area (Å²) in [4.78, 5) is 15.5. The number of hydrogen-bond acceptors (Lipinski definition) is 5. The van der Waals surface area contributed by atoms with Crippen LogP contribution in [0.3, 0.4) is 0 Å². The van der Waals surface area contributed by atoms with Crippen molar-refractivity contribution in [2.45, 2.75) is 37.5 Å². The molecule has 1 spiro atoms. The number of thiophene rings is 1. The average molecular weight is 866 g/mol. The van der Waals surface area contributed by atoms with Gasteiger partial charge >= 0.3 is 0 Å². The Morgan fingerprint density at radius 3 is 1.79 bits per heavy atom. The van der Waals surface area contributed by atoms with E-state index in [4.69, 9.17) is 19.4 Å². The van der Waals surface area contributed by atoms with Gasteiger partial charge in [0.25, 0.3) is 0 Å². The Kier molecular flexibility index (Phi) is 7.81. The average Bonchev–Trinajstić information content (AvgIpc) is 4.02. The highest BCUT2D eigenvalue weighted by Gasteiger charge is 2.61. The fourth-order valence-electron chi connectivity index (χ4n) is 13.6. The van der Waals surface area contributed by atoms with Gasteiger partial charge in [0.2, 0.25) is 0 Å². The minimum absolute atomic E-state index is 0.171. The van der Waals surface area contributed by atoms with Crippen LogP contribution in [0, 0.1) is 23.7 Å². The van der Waals surface area contributed by atoms with E-state index >= 15 is 0 Å². The predicted molar refractivity (Wildman–Crippen MR) is 270 cm³/mol. The topological polar surface area (TPSA) is 51.8 Å². The number of aromatic nitrogens is 3. The Morgan fingerprint density at radius 1 is 0.394 bits per heavy atom. The highest BCUT2D eigenvalue weighted by atomic mass is 32.1. The van der Waals surface area contributed by atoms with Gasteiger partial charge in [-0.3, -0.25) is 0 Å². The highest BCUT2D eigenvalue weighted by Crippen LogP contribution is 2.69. The molecule has 0 radical (unpaired) electrons. The van der Waals surface area contributed by atoms with Gasteiger partial charge in [0.1, 0.15) is 11.2 Å². The number of nitrogens with zero attached hydrogens (tertiary/aromatic N) is 3. The van der Waals surface area contributed by atoms with E-state index in [0.29, 0.717) is 17.5 Å². The molecule has 314 valence electrons. The standard InChI is InChI=1S/C61H43N3OS/c1-2-11-37(12-3-1)58-62-59(64-60(63-58)42-16-9-14-40(31-42)45-19-10-20-49-47-18-5-7-22-54(47)65-57(45)49)41-15-8-13-38(30-41)39-23-24-48-51-33-53-50(34-56(51)66-55(48)32-39)46-17-4-6-21-52(46)61(53)43-26-35-25-36(28-43)29-44(61)27-35/h1-24,30-36,43-44H,25-29H2. The third-order valence-corrected chi connectivity index (χ3v) is 17.2. The lowest BCUT2D eigenvalue weighted by atomic mass is 9.43. The van der Waals surface area contributed by atoms with Gasteiger partial charge in [-0.05, 0) is 131 Å². The maximum atomic E-state index is 6.45. The summed E-state index contributed by atoms with van der Waals surface area (Å²) in [6.45, 7) is 0. The first-order valence-corrected chi connectivity index (χ1v) is 24.5. The van der Waals surface area contributed by atoms with Gasteiger partial charge in [0.15, 0.2) is 17.5 Å². The second-order valence-corrected chi connectivity index (χ2v) is 20.6. The number of benzene rings is 8. The number of rotatable bonds is 5. The molecule has 0 N–H and O–H groups in total. The van der Waals surface area contributed by atoms with Crippen LogP contribution in [0.4, 0.5) is 0 Å². The largest absolute Gasteiger partial charge is 0.455 e. The molecule has 5 heteroatoms. The molecule has 3 aromatic heterocycles. The summed E-state index contributed by atoms with van der Waals surface area (Å²) in [5, 5.41) is 5.00. The van der Waals surface area contributed by atoms with Crippen LogP contribution in [0.15, 0.2) is 180 Å². The molecule has 11 aromatic rings. The second-order valence-electron chi connectivity index (χ2n) is 19.5. The van der Waals surface area contributed by atoms with E-state index in [0.717, 1.165) is 79.0 Å². The number of fused-ring (bicyclic) bond motifs is 9. The molecule has 8 aromatic carbocycles. The van der Waals surface area contributed by atoms with Crippen molar-refractivity contribution in [3.63, 3.8) is 0 Å². The van der Waals surface area contributed by atoms with E-state index in [-0.39, 0.29) is 5.41 Å². The van der Waals surface area contributed by atoms with Crippen LogP contribution in [0.25, 0.3) is 110 Å². The van der Waals surface area contributed by atoms with Crippen LogP contribution >= 0.6 is 11.3 Å². The molecule has 4 saturated carbocycles. The van der Waals surface area contributed by atoms with Crippen LogP contribution in [0.2, 0.25) is 0 Å². The predicted octanol–water partition coefficient (Wildman–Crippen LogP) is 16.2. The Bertz CT molecular complexity index is 3780. The van der Waals surface area contributed by atoms with Crippen molar-refractivity contribution in [1.82, 2.24) is 15.0 Å². The van der Waals surface area contributed by atoms with E-state index in [2.05, 4.69) is 146 Å². The molecule has 4 bridgehead atoms. The van der Waals surface area contributed by atoms with Gasteiger partial charge in [-0.15, -0.1) is 11.3 Å². The lowest BCUT2D eigenvalue weighted by Gasteiger charge is -2.61. The van der Waals surface area contributed by atoms with E-state index < -0.39 is 0 Å². The Morgan fingerprint density at radius 2 is 0.985 bits per heavy atom. The molecule has 5 aliphatic carbocycles. The molecule has 0 unspecified atom stereocenters. The van der Waals surface area contributed by atoms with Crippen molar-refractivity contribution in [2.24, 2.45) is 23.7 Å². The van der Waals surface area contributed by atoms with Crippen LogP contribution in [0.1, 0.15) is 43.2 Å². The summed E-state index contributed by atoms with van der Waals surface area (Å²) in [7, 11) is 0. The summed E-state index contributed by atoms with van der Waals surface area (Å²) in [6.07, 6.45) is 7.08. The van der Waals surface area contributed by atoms with Crippen molar-refractivity contribution in [1.29, 1.82) is 0 Å². The lowest BCUT2D eigenvalue weighted by Crippen LogP contribution is -2.55. The molecule has 5 aliphatic rings. The van der Waals surface area contributed by atoms with Gasteiger partial charge < -0.3 is 4.42 Å². The molecule has 0 saturated heterocycles. The third-order valence-electron chi connectivity index (χ3n) is 16.1. The Labute approximate surface area is 386 Å². The van der Waals surface area contributed by atoms with Gasteiger partial charge in [-0.1, -0.05) is 140 Å². The van der Waals surface area contributed by atoms with Crippen molar-refractivity contribution < 1.29 is 4.42 Å². The molecule has 66 heavy (non-hydrogen) atoms. The zero-order valence-electron chi connectivity index (χ0n) is 36.2. The monoisotopic (exact) mass is 865 g/mol. The molecule has 0 amide bonds. The van der Waals surface area contributed by atoms with Crippen LogP contribution < -0.4 is 0 Å². The van der Waals surface area contributed by atoms with Crippen molar-refractivity contribution >= 4 is 53.4 Å². The van der Waals surface area contributed by atoms with Gasteiger partial charge in [0.05, 0.1) is 0 Å². The minimum Gasteiger partial charge on any atom is -0.455 e. The Balaban J connectivity index is 0.822. The first-order chi connectivity index (χ1) is 32.6. The van der Waals surface area contributed by atoms with E-state index in [9.17, 15) is 0 Å². The van der Waals surface area contributed by atoms with E-state index in [1.54, 1.807) is 11.1 Å². The number of para-hydroxylation sites is 2. The summed E-state index contributed by atoms with van der Waals surface area (Å²) in [5.41, 5.74) is 15.4. The first-order valence-electron chi connectivity index (χ1n) is 23.7. The molecule has 0 aliphatic heterocycles. The normalized spacial score (nSPS) is 21.4. The second kappa shape index (κ2) is 13.9. The van der Waals surface area contributed by atoms with E-state index in [1.807, 2.05) is 41.7 Å². The molecule has 16 rings (SSSR count). The van der Waals surface area contributed by atoms with Gasteiger partial charge in [-0.25, -0.2) is 15.0 Å². The van der Waals surface area contributed by atoms with Crippen LogP contribution in [-0.4, -0.2) is 15.0 Å². The summed E-state index contributed by atoms with van der Waals surface area (Å²) < 4.78 is 9.16. The Hall–Kier alpha value is -7.21. The first kappa shape index (κ1) is 37.1. The zero-order valence-corrected chi connectivity index (χ0v) is 37.1. The summed E-state index contributed by atoms with van der Waals surface area (Å²) in [6, 6.07) is 63.8. The maximum absolute atomic E-state index is 6.45. The molecule has 3 heterocycles. The van der Waals surface area contributed by atoms with Crippen LogP contribution in [-0.2, 0) is 5.41 Å². The summed E-state index contributed by atoms with van der Waals surface area (Å²) >= 11 is 1.94. The van der Waals surface area contributed by atoms with Crippen molar-refractivity contribution in [3.05, 3.63) is 187 Å². The quantitative estimate of drug-likeness (QED) is 0.173. The molecular formula is C61H43N3OS. The minimum atomic E-state index is 0.171. The number of furan rings is 1. The van der Waals surface area contributed by atoms with Crippen LogP contribution in [0.5, 0.6) is 0 Å². The fourth-order valence-corrected chi connectivity index (χ4v) is 14.8. The molecular weight excluding hydrogens is 823 g/mol. The lowest BCUT2D eigenvalue weighted by molar-refractivity contribution is -0.0398. The van der Waals surface area contributed by atoms with E-state index in [1.165, 1.54) is 69.0 Å². The molecule has 4 nitrogen and oxygen atoms in total. The third kappa shape index (κ3) is 5.35. The molecule has 4 fully saturated rings. The highest BCUT2D eigenvalue weighted by molar-refractivity contribution is 7.25. The SMILES string of the molecule is c1ccc(-c2nc(-c3cccc(-c4ccc5c(c4)sc4cc6c(cc45)C4(c5ccccc5-6)C5CC6CC(C5)CC4C6)c3)nc(-c3cccc(-c4cccc5c4oc4ccccc45)c3)n2)cc1. The van der Waals surface area contributed by atoms with Gasteiger partial charge in [0, 0.05) is 58.6 Å². The molecule has 0 atom stereocenters. The number of hydrogen-bond donors (Lipinski definition) is 0. The van der Waals surface area contributed by atoms with Gasteiger partial charge in [-0.2, -0.15) is 0 Å². The summed E-state index contributed by atoms with van der Waals surface area (Å²) in [5.74, 6) is 5.29. The van der Waals surface area contributed by atoms with Crippen molar-refractivity contribution in [2.75, 3.05) is 0 Å². The fraction of sp³-hybridized carbons (Fsp3) is 0.164. The smallest absolute Gasteiger partial charge is 0.164 e. The maximum Gasteiger partial charge on any atom is 0.164 e. The zero-order chi connectivity index (χ0) is 43.1. The van der Waals surface area contributed by atoms with Crippen molar-refractivity contribution in [3.8, 4) is 67.5 Å².